The van der Waals surface area contributed by atoms with Crippen molar-refractivity contribution in [3.8, 4) is 6.07 Å². The van der Waals surface area contributed by atoms with Gasteiger partial charge in [0.2, 0.25) is 0 Å². The molecule has 82 valence electrons. The molecule has 0 aromatic carbocycles. The third-order valence-electron chi connectivity index (χ3n) is 3.87. The summed E-state index contributed by atoms with van der Waals surface area (Å²) in [6.07, 6.45) is 10.6. The molecule has 1 aliphatic carbocycles. The van der Waals surface area contributed by atoms with Gasteiger partial charge in [-0.2, -0.15) is 5.26 Å². The first-order valence-electron chi connectivity index (χ1n) is 6.05. The van der Waals surface area contributed by atoms with Gasteiger partial charge in [0, 0.05) is 19.1 Å². The number of hydrogen-bond donors (Lipinski definition) is 0. The van der Waals surface area contributed by atoms with Gasteiger partial charge in [0.15, 0.2) is 0 Å². The zero-order chi connectivity index (χ0) is 10.7. The van der Waals surface area contributed by atoms with Crippen molar-refractivity contribution < 1.29 is 0 Å². The summed E-state index contributed by atoms with van der Waals surface area (Å²) >= 11 is 0. The molecule has 0 N–H and O–H groups in total. The lowest BCUT2D eigenvalue weighted by atomic mass is 9.81. The Morgan fingerprint density at radius 2 is 2.13 bits per heavy atom. The topological polar surface area (TPSA) is 27.0 Å². The van der Waals surface area contributed by atoms with Crippen molar-refractivity contribution in [3.05, 3.63) is 12.2 Å². The Labute approximate surface area is 92.6 Å². The van der Waals surface area contributed by atoms with Gasteiger partial charge in [-0.05, 0) is 39.0 Å². The quantitative estimate of drug-likeness (QED) is 0.614. The molecule has 1 heterocycles. The van der Waals surface area contributed by atoms with Crippen molar-refractivity contribution in [3.63, 3.8) is 0 Å². The first-order chi connectivity index (χ1) is 7.23. The molecule has 2 heteroatoms. The van der Waals surface area contributed by atoms with E-state index in [1.807, 2.05) is 0 Å². The van der Waals surface area contributed by atoms with E-state index < -0.39 is 0 Å². The van der Waals surface area contributed by atoms with Crippen LogP contribution in [0.3, 0.4) is 0 Å². The zero-order valence-corrected chi connectivity index (χ0v) is 9.58. The summed E-state index contributed by atoms with van der Waals surface area (Å²) in [5, 5.41) is 9.06. The Morgan fingerprint density at radius 3 is 2.67 bits per heavy atom. The fourth-order valence-electron chi connectivity index (χ4n) is 2.56. The Bertz CT molecular complexity index is 279. The summed E-state index contributed by atoms with van der Waals surface area (Å²) in [6, 6.07) is 3.11. The highest BCUT2D eigenvalue weighted by atomic mass is 15.2. The van der Waals surface area contributed by atoms with Crippen molar-refractivity contribution >= 4 is 0 Å². The van der Waals surface area contributed by atoms with Crippen LogP contribution in [-0.4, -0.2) is 24.0 Å². The van der Waals surface area contributed by atoms with Gasteiger partial charge in [0.1, 0.15) is 0 Å². The molecular formula is C13H20N2. The van der Waals surface area contributed by atoms with E-state index in [1.165, 1.54) is 19.3 Å². The second-order valence-electron chi connectivity index (χ2n) is 5.13. The molecule has 1 atom stereocenters. The van der Waals surface area contributed by atoms with Crippen LogP contribution in [-0.2, 0) is 0 Å². The van der Waals surface area contributed by atoms with Crippen molar-refractivity contribution in [1.82, 2.24) is 4.90 Å². The number of hydrogen-bond acceptors (Lipinski definition) is 2. The van der Waals surface area contributed by atoms with Crippen molar-refractivity contribution in [1.29, 1.82) is 5.26 Å². The summed E-state index contributed by atoms with van der Waals surface area (Å²) in [6.45, 7) is 4.29. The maximum absolute atomic E-state index is 9.06. The molecule has 0 saturated carbocycles. The van der Waals surface area contributed by atoms with Crippen LogP contribution in [0.4, 0.5) is 0 Å². The minimum Gasteiger partial charge on any atom is -0.297 e. The van der Waals surface area contributed by atoms with Gasteiger partial charge in [0.25, 0.3) is 0 Å². The number of allylic oxidation sites excluding steroid dienone is 1. The van der Waals surface area contributed by atoms with Crippen molar-refractivity contribution in [2.45, 2.75) is 45.1 Å². The molecule has 2 aliphatic rings. The maximum Gasteiger partial charge on any atom is 0.0687 e. The fourth-order valence-corrected chi connectivity index (χ4v) is 2.56. The van der Waals surface area contributed by atoms with E-state index in [-0.39, 0.29) is 5.41 Å². The van der Waals surface area contributed by atoms with Crippen LogP contribution in [0.1, 0.15) is 39.0 Å². The van der Waals surface area contributed by atoms with Gasteiger partial charge in [0.05, 0.1) is 11.5 Å². The van der Waals surface area contributed by atoms with Crippen LogP contribution in [0.15, 0.2) is 12.2 Å². The molecule has 2 rings (SSSR count). The molecular weight excluding hydrogens is 184 g/mol. The Morgan fingerprint density at radius 1 is 1.40 bits per heavy atom. The van der Waals surface area contributed by atoms with E-state index in [0.29, 0.717) is 6.04 Å². The van der Waals surface area contributed by atoms with Crippen molar-refractivity contribution in [2.75, 3.05) is 13.1 Å². The van der Waals surface area contributed by atoms with Gasteiger partial charge in [-0.1, -0.05) is 12.2 Å². The van der Waals surface area contributed by atoms with Crippen LogP contribution >= 0.6 is 0 Å². The third kappa shape index (κ3) is 2.41. The van der Waals surface area contributed by atoms with Crippen LogP contribution < -0.4 is 0 Å². The second-order valence-corrected chi connectivity index (χ2v) is 5.13. The summed E-state index contributed by atoms with van der Waals surface area (Å²) in [4.78, 5) is 2.55. The van der Waals surface area contributed by atoms with E-state index in [2.05, 4.69) is 30.0 Å². The molecule has 0 aromatic heterocycles. The minimum absolute atomic E-state index is 0.0606. The number of rotatable bonds is 1. The van der Waals surface area contributed by atoms with Crippen LogP contribution in [0, 0.1) is 16.7 Å². The SMILES string of the molecule is CC1(C#N)CCN(C2C=CCCC2)CC1. The van der Waals surface area contributed by atoms with Gasteiger partial charge < -0.3 is 0 Å². The Hall–Kier alpha value is -0.810. The van der Waals surface area contributed by atoms with Gasteiger partial charge in [-0.15, -0.1) is 0 Å². The third-order valence-corrected chi connectivity index (χ3v) is 3.87. The summed E-state index contributed by atoms with van der Waals surface area (Å²) in [5.74, 6) is 0. The molecule has 0 aromatic rings. The monoisotopic (exact) mass is 204 g/mol. The van der Waals surface area contributed by atoms with E-state index in [0.717, 1.165) is 25.9 Å². The summed E-state index contributed by atoms with van der Waals surface area (Å²) in [7, 11) is 0. The Balaban J connectivity index is 1.91. The zero-order valence-electron chi connectivity index (χ0n) is 9.58. The average molecular weight is 204 g/mol. The van der Waals surface area contributed by atoms with E-state index in [1.54, 1.807) is 0 Å². The van der Waals surface area contributed by atoms with Gasteiger partial charge in [-0.3, -0.25) is 4.90 Å². The lowest BCUT2D eigenvalue weighted by molar-refractivity contribution is 0.124. The molecule has 1 fully saturated rings. The molecule has 1 aliphatic heterocycles. The smallest absolute Gasteiger partial charge is 0.0687 e. The number of piperidine rings is 1. The fraction of sp³-hybridized carbons (Fsp3) is 0.769. The van der Waals surface area contributed by atoms with E-state index in [9.17, 15) is 0 Å². The molecule has 1 unspecified atom stereocenters. The second kappa shape index (κ2) is 4.37. The summed E-state index contributed by atoms with van der Waals surface area (Å²) in [5.41, 5.74) is -0.0606. The molecule has 1 saturated heterocycles. The van der Waals surface area contributed by atoms with Gasteiger partial charge in [-0.25, -0.2) is 0 Å². The molecule has 0 bridgehead atoms. The van der Waals surface area contributed by atoms with E-state index in [4.69, 9.17) is 5.26 Å². The standard InChI is InChI=1S/C13H20N2/c1-13(11-14)7-9-15(10-8-13)12-5-3-2-4-6-12/h3,5,12H,2,4,6-10H2,1H3. The van der Waals surface area contributed by atoms with Crippen LogP contribution in [0.25, 0.3) is 0 Å². The molecule has 0 amide bonds. The van der Waals surface area contributed by atoms with Crippen LogP contribution in [0.2, 0.25) is 0 Å². The lowest BCUT2D eigenvalue weighted by Crippen LogP contribution is -2.43. The average Bonchev–Trinajstić information content (AvgIpc) is 2.31. The maximum atomic E-state index is 9.06. The van der Waals surface area contributed by atoms with E-state index >= 15 is 0 Å². The summed E-state index contributed by atoms with van der Waals surface area (Å²) < 4.78 is 0. The number of nitriles is 1. The molecule has 0 radical (unpaired) electrons. The minimum atomic E-state index is -0.0606. The van der Waals surface area contributed by atoms with Gasteiger partial charge >= 0.3 is 0 Å². The predicted octanol–water partition coefficient (Wildman–Crippen LogP) is 2.72. The predicted molar refractivity (Wildman–Crippen MR) is 61.3 cm³/mol. The van der Waals surface area contributed by atoms with Crippen molar-refractivity contribution in [2.24, 2.45) is 5.41 Å². The molecule has 0 spiro atoms. The lowest BCUT2D eigenvalue weighted by Gasteiger charge is -2.39. The number of likely N-dealkylation sites (tertiary alicyclic amines) is 1. The highest BCUT2D eigenvalue weighted by Gasteiger charge is 2.32. The molecule has 2 nitrogen and oxygen atoms in total. The molecule has 15 heavy (non-hydrogen) atoms. The number of nitrogens with zero attached hydrogens (tertiary/aromatic N) is 2. The normalized spacial score (nSPS) is 31.1. The largest absolute Gasteiger partial charge is 0.297 e. The first-order valence-corrected chi connectivity index (χ1v) is 6.05. The highest BCUT2D eigenvalue weighted by molar-refractivity contribution is 5.03. The Kier molecular flexibility index (Phi) is 3.11. The highest BCUT2D eigenvalue weighted by Crippen LogP contribution is 2.32. The van der Waals surface area contributed by atoms with Crippen LogP contribution in [0.5, 0.6) is 0 Å². The first kappa shape index (κ1) is 10.7.